The molecule has 0 saturated carbocycles. The fraction of sp³-hybridized carbons (Fsp3) is 0.242. The molecule has 12 aromatic carbocycles. The number of hydrogen-bond acceptors (Lipinski definition) is 10. The molecule has 0 fully saturated rings. The van der Waals surface area contributed by atoms with Crippen molar-refractivity contribution >= 4 is 101 Å². The molecule has 0 heterocycles. The molecular formula is C99H90Br3Cl3F9N3O9. The maximum absolute atomic E-state index is 13.6. The Bertz CT molecular complexity index is 5350. The fourth-order valence-electron chi connectivity index (χ4n) is 14.4. The topological polar surface area (TPSA) is 138 Å². The molecule has 660 valence electrons. The van der Waals surface area contributed by atoms with E-state index in [1.54, 1.807) is 54.6 Å². The number of alkyl halides is 9. The minimum absolute atomic E-state index is 0.0137. The van der Waals surface area contributed by atoms with Crippen LogP contribution in [0.5, 0.6) is 17.2 Å². The second kappa shape index (κ2) is 48.3. The van der Waals surface area contributed by atoms with Gasteiger partial charge in [0.2, 0.25) is 0 Å². The molecule has 0 aliphatic heterocycles. The Morgan fingerprint density at radius 1 is 0.349 bits per heavy atom. The number of carboxylic acid groups (broad SMARTS) is 2. The van der Waals surface area contributed by atoms with Crippen LogP contribution in [0.3, 0.4) is 0 Å². The molecule has 0 spiro atoms. The van der Waals surface area contributed by atoms with Gasteiger partial charge in [-0.15, -0.1) is 0 Å². The molecule has 12 nitrogen and oxygen atoms in total. The molecule has 0 unspecified atom stereocenters. The summed E-state index contributed by atoms with van der Waals surface area (Å²) in [6.45, 7) is 4.87. The Balaban J connectivity index is 0.000000197. The number of hydrogen-bond donors (Lipinski definition) is 2. The van der Waals surface area contributed by atoms with Crippen LogP contribution in [0.1, 0.15) is 125 Å². The van der Waals surface area contributed by atoms with E-state index in [1.165, 1.54) is 31.4 Å². The number of nitrogens with zero attached hydrogens (tertiary/aromatic N) is 3. The van der Waals surface area contributed by atoms with Crippen molar-refractivity contribution in [2.45, 2.75) is 88.0 Å². The van der Waals surface area contributed by atoms with Gasteiger partial charge in [-0.3, -0.25) is 24.3 Å². The van der Waals surface area contributed by atoms with Crippen LogP contribution in [0.25, 0.3) is 0 Å². The average molecular weight is 1980 g/mol. The zero-order valence-corrected chi connectivity index (χ0v) is 75.3. The van der Waals surface area contributed by atoms with Crippen molar-refractivity contribution in [2.24, 2.45) is 0 Å². The molecular weight excluding hydrogens is 1890 g/mol. The van der Waals surface area contributed by atoms with Crippen LogP contribution >= 0.6 is 82.6 Å². The van der Waals surface area contributed by atoms with Crippen molar-refractivity contribution in [3.63, 3.8) is 0 Å². The lowest BCUT2D eigenvalue weighted by Gasteiger charge is -2.29. The van der Waals surface area contributed by atoms with Crippen LogP contribution in [0.15, 0.2) is 305 Å². The lowest BCUT2D eigenvalue weighted by molar-refractivity contribution is -0.140. The molecule has 126 heavy (non-hydrogen) atoms. The van der Waals surface area contributed by atoms with Gasteiger partial charge in [-0.2, -0.15) is 39.5 Å². The molecule has 0 atom stereocenters. The number of aliphatic carboxylic acids is 1. The van der Waals surface area contributed by atoms with Crippen LogP contribution in [0.4, 0.5) is 39.5 Å². The molecule has 0 aliphatic rings. The average Bonchev–Trinajstić information content (AvgIpc) is 0.812. The third-order valence-electron chi connectivity index (χ3n) is 20.6. The van der Waals surface area contributed by atoms with E-state index in [9.17, 15) is 59.0 Å². The highest BCUT2D eigenvalue weighted by atomic mass is 79.9. The summed E-state index contributed by atoms with van der Waals surface area (Å²) in [5, 5.41) is 17.7. The first kappa shape index (κ1) is 98.2. The van der Waals surface area contributed by atoms with Gasteiger partial charge in [0.1, 0.15) is 17.2 Å². The van der Waals surface area contributed by atoms with Crippen molar-refractivity contribution in [1.82, 2.24) is 14.7 Å². The molecule has 0 aliphatic carbocycles. The first-order valence-corrected chi connectivity index (χ1v) is 43.7. The van der Waals surface area contributed by atoms with Gasteiger partial charge in [-0.1, -0.05) is 285 Å². The zero-order chi connectivity index (χ0) is 90.3. The van der Waals surface area contributed by atoms with Crippen molar-refractivity contribution in [3.8, 4) is 17.2 Å². The van der Waals surface area contributed by atoms with E-state index in [-0.39, 0.29) is 83.4 Å². The summed E-state index contributed by atoms with van der Waals surface area (Å²) >= 11 is 28.9. The number of carbonyl (C=O) groups is 3. The predicted molar refractivity (Wildman–Crippen MR) is 486 cm³/mol. The predicted octanol–water partition coefficient (Wildman–Crippen LogP) is 26.7. The monoisotopic (exact) mass is 1980 g/mol. The van der Waals surface area contributed by atoms with E-state index >= 15 is 0 Å². The van der Waals surface area contributed by atoms with E-state index in [1.807, 2.05) is 146 Å². The van der Waals surface area contributed by atoms with Gasteiger partial charge in [0.05, 0.1) is 77.1 Å². The van der Waals surface area contributed by atoms with Crippen LogP contribution in [0.2, 0.25) is 15.1 Å². The molecule has 12 rings (SSSR count). The second-order valence-corrected chi connectivity index (χ2v) is 33.2. The largest absolute Gasteiger partial charge is 0.494 e. The Kier molecular flexibility index (Phi) is 37.6. The maximum Gasteiger partial charge on any atom is 0.417 e. The van der Waals surface area contributed by atoms with E-state index < -0.39 is 47.2 Å². The summed E-state index contributed by atoms with van der Waals surface area (Å²) in [6, 6.07) is 87.5. The molecule has 0 aromatic heterocycles. The van der Waals surface area contributed by atoms with Gasteiger partial charge >= 0.3 is 36.4 Å². The number of halogens is 15. The number of ether oxygens (including phenoxy) is 4. The van der Waals surface area contributed by atoms with Crippen LogP contribution in [-0.4, -0.2) is 109 Å². The summed E-state index contributed by atoms with van der Waals surface area (Å²) in [5.41, 5.74) is 6.71. The smallest absolute Gasteiger partial charge is 0.417 e. The van der Waals surface area contributed by atoms with Gasteiger partial charge in [0.15, 0.2) is 0 Å². The summed E-state index contributed by atoms with van der Waals surface area (Å²) < 4.78 is 147. The number of rotatable bonds is 38. The number of carboxylic acids is 2. The number of esters is 1. The van der Waals surface area contributed by atoms with Gasteiger partial charge in [0.25, 0.3) is 0 Å². The van der Waals surface area contributed by atoms with E-state index in [0.717, 1.165) is 61.6 Å². The van der Waals surface area contributed by atoms with Crippen molar-refractivity contribution in [2.75, 3.05) is 66.2 Å². The Morgan fingerprint density at radius 3 is 0.881 bits per heavy atom. The molecule has 0 amide bonds. The SMILES string of the molecule is COC(=O)Cc1cc(OCCCN(Cc2cccc(C(F)(F)F)c2Cl)CC(c2ccccc2)c2ccccc2)ccc1Br.O=C(O)Cc1cc(OCCCN(Cc2cccc(C(F)(F)F)c2Cl)CC(c2ccccc2)c2ccccc2)ccc1Br.O=C(O)c1cc(OCCCN(Cc2cccc(C(F)(F)F)c2Cl)CC(c2ccccc2)c2ccccc2)ccc1Br. The summed E-state index contributed by atoms with van der Waals surface area (Å²) in [6.07, 6.45) is -11.9. The third kappa shape index (κ3) is 30.1. The fourth-order valence-corrected chi connectivity index (χ4v) is 16.5. The summed E-state index contributed by atoms with van der Waals surface area (Å²) in [4.78, 5) is 40.7. The molecule has 0 saturated heterocycles. The van der Waals surface area contributed by atoms with Gasteiger partial charge in [-0.05, 0) is 169 Å². The first-order chi connectivity index (χ1) is 60.4. The minimum atomic E-state index is -4.55. The number of methoxy groups -OCH3 is 1. The quantitative estimate of drug-likeness (QED) is 0.0216. The van der Waals surface area contributed by atoms with Crippen molar-refractivity contribution in [3.05, 3.63) is 403 Å². The summed E-state index contributed by atoms with van der Waals surface area (Å²) in [7, 11) is 1.34. The molecule has 2 N–H and O–H groups in total. The van der Waals surface area contributed by atoms with Crippen LogP contribution in [-0.2, 0) is 65.3 Å². The standard InChI is InChI=1S/C34H32BrClF3NO3.C33H30BrClF3NO3.C32H28BrClF3NO3/c1-42-32(41)21-27-20-28(16-17-31(27)35)43-19-9-18-40(22-26-14-8-15-30(33(26)36)34(37,38)39)23-29(24-10-4-2-5-11-24)25-12-6-3-7-13-25;34-30-16-15-27(19-26(30)20-31(40)41)42-18-8-17-39(21-25-13-7-14-29(32(25)35)33(36,37)38)22-28(23-9-3-1-4-10-23)24-11-5-2-6-12-24;33-29-16-15-25(19-26(29)31(39)40)41-18-8-17-38(20-24-13-7-14-28(30(24)34)32(35,36)37)21-27(22-9-3-1-4-10-22)23-11-5-2-6-12-23/h2-8,10-17,20,29H,9,18-19,21-23H2,1H3;1-7,9-16,19,28H,8,17-18,20-22H2,(H,40,41);1-7,9-16,19,27H,8,17-18,20-21H2,(H,39,40). The summed E-state index contributed by atoms with van der Waals surface area (Å²) in [5.74, 6) is -0.856. The molecule has 12 aromatic rings. The van der Waals surface area contributed by atoms with Crippen molar-refractivity contribution in [1.29, 1.82) is 0 Å². The highest BCUT2D eigenvalue weighted by Crippen LogP contribution is 2.42. The first-order valence-electron chi connectivity index (χ1n) is 40.2. The normalized spacial score (nSPS) is 11.7. The van der Waals surface area contributed by atoms with E-state index in [4.69, 9.17) is 58.9 Å². The van der Waals surface area contributed by atoms with Gasteiger partial charge < -0.3 is 29.2 Å². The Hall–Kier alpha value is -9.99. The van der Waals surface area contributed by atoms with Gasteiger partial charge in [0, 0.05) is 90.1 Å². The molecule has 0 radical (unpaired) electrons. The van der Waals surface area contributed by atoms with E-state index in [2.05, 4.69) is 111 Å². The zero-order valence-electron chi connectivity index (χ0n) is 68.2. The minimum Gasteiger partial charge on any atom is -0.494 e. The molecule has 0 bridgehead atoms. The van der Waals surface area contributed by atoms with Crippen LogP contribution < -0.4 is 14.2 Å². The van der Waals surface area contributed by atoms with E-state index in [0.29, 0.717) is 120 Å². The Labute approximate surface area is 767 Å². The second-order valence-electron chi connectivity index (χ2n) is 29.5. The highest BCUT2D eigenvalue weighted by molar-refractivity contribution is 9.11. The van der Waals surface area contributed by atoms with Crippen molar-refractivity contribution < 1.29 is 83.1 Å². The lowest BCUT2D eigenvalue weighted by Crippen LogP contribution is -2.31. The number of aromatic carboxylic acids is 1. The highest BCUT2D eigenvalue weighted by Gasteiger charge is 2.37. The van der Waals surface area contributed by atoms with Crippen LogP contribution in [0, 0.1) is 0 Å². The third-order valence-corrected chi connectivity index (χ3v) is 24.2. The lowest BCUT2D eigenvalue weighted by atomic mass is 9.90. The Morgan fingerprint density at radius 2 is 0.619 bits per heavy atom. The number of carbonyl (C=O) groups excluding carboxylic acids is 1. The number of benzene rings is 12. The maximum atomic E-state index is 13.6. The molecule has 27 heteroatoms. The van der Waals surface area contributed by atoms with Gasteiger partial charge in [-0.25, -0.2) is 4.79 Å².